The maximum atomic E-state index is 12.6. The van der Waals surface area contributed by atoms with Crippen LogP contribution in [0.15, 0.2) is 72.9 Å². The van der Waals surface area contributed by atoms with Crippen molar-refractivity contribution in [3.05, 3.63) is 84.1 Å². The van der Waals surface area contributed by atoms with E-state index in [0.717, 1.165) is 64.8 Å². The molecule has 1 aliphatic rings. The Balaban J connectivity index is 0.00000267. The zero-order valence-electron chi connectivity index (χ0n) is 19.6. The van der Waals surface area contributed by atoms with Gasteiger partial charge in [0.25, 0.3) is 5.91 Å². The molecule has 1 saturated heterocycles. The minimum Gasteiger partial charge on any atom is -0.349 e. The lowest BCUT2D eigenvalue weighted by Gasteiger charge is -2.23. The van der Waals surface area contributed by atoms with Gasteiger partial charge in [-0.2, -0.15) is 0 Å². The van der Waals surface area contributed by atoms with Crippen LogP contribution in [-0.2, 0) is 6.54 Å². The van der Waals surface area contributed by atoms with Crippen LogP contribution in [0, 0.1) is 0 Å². The van der Waals surface area contributed by atoms with Crippen LogP contribution >= 0.6 is 12.4 Å². The number of rotatable bonds is 5. The van der Waals surface area contributed by atoms with E-state index < -0.39 is 0 Å². The quantitative estimate of drug-likeness (QED) is 0.379. The molecule has 8 nitrogen and oxygen atoms in total. The lowest BCUT2D eigenvalue weighted by molar-refractivity contribution is 0.0929. The van der Waals surface area contributed by atoms with Crippen LogP contribution in [0.3, 0.4) is 0 Å². The Labute approximate surface area is 214 Å². The highest BCUT2D eigenvalue weighted by Gasteiger charge is 2.16. The number of fused-ring (bicyclic) bond motifs is 2. The number of carbonyl (C=O) groups is 1. The van der Waals surface area contributed by atoms with Gasteiger partial charge in [-0.1, -0.05) is 29.5 Å². The lowest BCUT2D eigenvalue weighted by atomic mass is 10.0. The summed E-state index contributed by atoms with van der Waals surface area (Å²) in [6.45, 7) is 2.46. The molecule has 0 saturated carbocycles. The van der Waals surface area contributed by atoms with E-state index in [2.05, 4.69) is 44.1 Å². The summed E-state index contributed by atoms with van der Waals surface area (Å²) in [5.41, 5.74) is 5.95. The highest BCUT2D eigenvalue weighted by molar-refractivity contribution is 5.95. The lowest BCUT2D eigenvalue weighted by Crippen LogP contribution is -2.42. The Kier molecular flexibility index (Phi) is 6.88. The third-order valence-electron chi connectivity index (χ3n) is 6.48. The third-order valence-corrected chi connectivity index (χ3v) is 6.48. The van der Waals surface area contributed by atoms with Gasteiger partial charge in [0.2, 0.25) is 0 Å². The molecule has 182 valence electrons. The number of pyridine rings is 2. The molecule has 1 aliphatic heterocycles. The zero-order chi connectivity index (χ0) is 23.6. The number of piperidine rings is 1. The van der Waals surface area contributed by atoms with Gasteiger partial charge >= 0.3 is 0 Å². The summed E-state index contributed by atoms with van der Waals surface area (Å²) in [5, 5.41) is 16.2. The van der Waals surface area contributed by atoms with Gasteiger partial charge in [-0.3, -0.25) is 9.78 Å². The second-order valence-corrected chi connectivity index (χ2v) is 8.89. The first kappa shape index (κ1) is 23.8. The SMILES string of the molecule is Cl.O=C(NC1CCNCC1)c1ccc(-c2ccc3nnn(Cc4ccc5ncccc5c4)c3n2)cc1. The number of nitrogens with one attached hydrogen (secondary N) is 2. The fourth-order valence-electron chi connectivity index (χ4n) is 4.54. The van der Waals surface area contributed by atoms with Crippen LogP contribution in [0.2, 0.25) is 0 Å². The Morgan fingerprint density at radius 2 is 1.81 bits per heavy atom. The van der Waals surface area contributed by atoms with Crippen molar-refractivity contribution in [2.24, 2.45) is 0 Å². The fourth-order valence-corrected chi connectivity index (χ4v) is 4.54. The number of aromatic nitrogens is 5. The molecule has 2 aromatic carbocycles. The van der Waals surface area contributed by atoms with Gasteiger partial charge in [-0.05, 0) is 74.0 Å². The van der Waals surface area contributed by atoms with Gasteiger partial charge in [-0.25, -0.2) is 9.67 Å². The largest absolute Gasteiger partial charge is 0.349 e. The van der Waals surface area contributed by atoms with Crippen molar-refractivity contribution in [2.45, 2.75) is 25.4 Å². The van der Waals surface area contributed by atoms with Gasteiger partial charge in [0.05, 0.1) is 17.8 Å². The van der Waals surface area contributed by atoms with Crippen molar-refractivity contribution >= 4 is 40.4 Å². The molecule has 1 amide bonds. The van der Waals surface area contributed by atoms with E-state index >= 15 is 0 Å². The van der Waals surface area contributed by atoms with Crippen molar-refractivity contribution in [2.75, 3.05) is 13.1 Å². The maximum absolute atomic E-state index is 12.6. The number of amides is 1. The second-order valence-electron chi connectivity index (χ2n) is 8.89. The van der Waals surface area contributed by atoms with E-state index in [0.29, 0.717) is 12.1 Å². The molecule has 0 atom stereocenters. The van der Waals surface area contributed by atoms with Crippen LogP contribution in [-0.4, -0.2) is 50.0 Å². The van der Waals surface area contributed by atoms with Crippen molar-refractivity contribution < 1.29 is 4.79 Å². The van der Waals surface area contributed by atoms with E-state index in [9.17, 15) is 4.79 Å². The number of nitrogens with zero attached hydrogens (tertiary/aromatic N) is 5. The first-order chi connectivity index (χ1) is 17.2. The number of carbonyl (C=O) groups excluding carboxylic acids is 1. The number of benzene rings is 2. The molecule has 0 spiro atoms. The smallest absolute Gasteiger partial charge is 0.251 e. The van der Waals surface area contributed by atoms with Crippen LogP contribution in [0.25, 0.3) is 33.3 Å². The topological polar surface area (TPSA) is 97.6 Å². The minimum absolute atomic E-state index is 0. The van der Waals surface area contributed by atoms with E-state index in [-0.39, 0.29) is 24.4 Å². The summed E-state index contributed by atoms with van der Waals surface area (Å²) in [7, 11) is 0. The minimum atomic E-state index is -0.0280. The average Bonchev–Trinajstić information content (AvgIpc) is 3.31. The molecule has 2 N–H and O–H groups in total. The summed E-state index contributed by atoms with van der Waals surface area (Å²) in [5.74, 6) is -0.0280. The molecule has 5 aromatic rings. The van der Waals surface area contributed by atoms with Gasteiger partial charge in [0.15, 0.2) is 5.65 Å². The molecule has 0 aliphatic carbocycles. The van der Waals surface area contributed by atoms with E-state index in [1.54, 1.807) is 6.20 Å². The zero-order valence-corrected chi connectivity index (χ0v) is 20.4. The predicted molar refractivity (Wildman–Crippen MR) is 142 cm³/mol. The van der Waals surface area contributed by atoms with Crippen LogP contribution in [0.4, 0.5) is 0 Å². The molecular weight excluding hydrogens is 474 g/mol. The fraction of sp³-hybridized carbons (Fsp3) is 0.222. The van der Waals surface area contributed by atoms with Gasteiger partial charge in [0.1, 0.15) is 5.52 Å². The van der Waals surface area contributed by atoms with Crippen LogP contribution < -0.4 is 10.6 Å². The third kappa shape index (κ3) is 4.91. The van der Waals surface area contributed by atoms with Gasteiger partial charge < -0.3 is 10.6 Å². The standard InChI is InChI=1S/C27H25N7O.ClH/c35-27(30-22-11-14-28-15-12-22)20-6-4-19(5-7-20)24-9-10-25-26(31-24)34(33-32-25)17-18-3-8-23-21(16-18)2-1-13-29-23;/h1-10,13,16,22,28H,11-12,14-15,17H2,(H,30,35);1H. The predicted octanol–water partition coefficient (Wildman–Crippen LogP) is 3.99. The summed E-state index contributed by atoms with van der Waals surface area (Å²) in [6.07, 6.45) is 3.73. The Hall–Kier alpha value is -3.88. The molecule has 1 fully saturated rings. The van der Waals surface area contributed by atoms with Crippen LogP contribution in [0.1, 0.15) is 28.8 Å². The summed E-state index contributed by atoms with van der Waals surface area (Å²) < 4.78 is 1.82. The van der Waals surface area contributed by atoms with Crippen LogP contribution in [0.5, 0.6) is 0 Å². The Bertz CT molecular complexity index is 1510. The van der Waals surface area contributed by atoms with Crippen molar-refractivity contribution in [1.82, 2.24) is 35.6 Å². The monoisotopic (exact) mass is 499 g/mol. The number of hydrogen-bond donors (Lipinski definition) is 2. The van der Waals surface area contributed by atoms with Gasteiger partial charge in [-0.15, -0.1) is 17.5 Å². The molecule has 0 unspecified atom stereocenters. The van der Waals surface area contributed by atoms with E-state index in [1.807, 2.05) is 53.2 Å². The molecule has 36 heavy (non-hydrogen) atoms. The second kappa shape index (κ2) is 10.4. The molecule has 0 bridgehead atoms. The molecule has 0 radical (unpaired) electrons. The Morgan fingerprint density at radius 1 is 1.00 bits per heavy atom. The first-order valence-corrected chi connectivity index (χ1v) is 11.9. The number of hydrogen-bond acceptors (Lipinski definition) is 6. The van der Waals surface area contributed by atoms with Gasteiger partial charge in [0, 0.05) is 28.8 Å². The normalized spacial score (nSPS) is 14.0. The van der Waals surface area contributed by atoms with Crippen molar-refractivity contribution in [3.8, 4) is 11.3 Å². The highest BCUT2D eigenvalue weighted by atomic mass is 35.5. The summed E-state index contributed by atoms with van der Waals surface area (Å²) in [6, 6.07) is 21.9. The average molecular weight is 500 g/mol. The maximum Gasteiger partial charge on any atom is 0.251 e. The molecule has 3 aromatic heterocycles. The Morgan fingerprint density at radius 3 is 2.64 bits per heavy atom. The number of halogens is 1. The highest BCUT2D eigenvalue weighted by Crippen LogP contribution is 2.22. The molecule has 4 heterocycles. The summed E-state index contributed by atoms with van der Waals surface area (Å²) in [4.78, 5) is 21.9. The van der Waals surface area contributed by atoms with Crippen molar-refractivity contribution in [3.63, 3.8) is 0 Å². The summed E-state index contributed by atoms with van der Waals surface area (Å²) >= 11 is 0. The van der Waals surface area contributed by atoms with E-state index in [4.69, 9.17) is 4.98 Å². The molecular formula is C27H26ClN7O. The molecule has 6 rings (SSSR count). The van der Waals surface area contributed by atoms with E-state index in [1.165, 1.54) is 0 Å². The molecule has 9 heteroatoms. The van der Waals surface area contributed by atoms with Crippen molar-refractivity contribution in [1.29, 1.82) is 0 Å². The first-order valence-electron chi connectivity index (χ1n) is 11.9.